The van der Waals surface area contributed by atoms with Crippen molar-refractivity contribution in [2.45, 2.75) is 23.8 Å². The molecule has 1 aliphatic rings. The fraction of sp³-hybridized carbons (Fsp3) is 0.0741. The van der Waals surface area contributed by atoms with E-state index in [4.69, 9.17) is 21.3 Å². The van der Waals surface area contributed by atoms with Gasteiger partial charge in [-0.3, -0.25) is 0 Å². The van der Waals surface area contributed by atoms with Gasteiger partial charge in [-0.05, 0) is 67.4 Å². The number of para-hydroxylation sites is 1. The van der Waals surface area contributed by atoms with Crippen LogP contribution in [0.2, 0.25) is 5.02 Å². The van der Waals surface area contributed by atoms with Crippen LogP contribution in [0.4, 0.5) is 0 Å². The van der Waals surface area contributed by atoms with Gasteiger partial charge in [0.25, 0.3) is 0 Å². The number of cyclic esters (lactones) is 1. The first-order valence-corrected chi connectivity index (χ1v) is 11.6. The molecule has 0 saturated heterocycles. The first-order valence-electron chi connectivity index (χ1n) is 10.4. The minimum Gasteiger partial charge on any atom is -0.402 e. The molecule has 0 bridgehead atoms. The van der Waals surface area contributed by atoms with Crippen LogP contribution in [-0.2, 0) is 9.53 Å². The van der Waals surface area contributed by atoms with Crippen LogP contribution in [-0.4, -0.2) is 16.9 Å². The van der Waals surface area contributed by atoms with E-state index in [0.717, 1.165) is 43.1 Å². The summed E-state index contributed by atoms with van der Waals surface area (Å²) in [6.45, 7) is 4.00. The van der Waals surface area contributed by atoms with Crippen LogP contribution in [0.25, 0.3) is 17.0 Å². The number of hydrogen-bond acceptors (Lipinski definition) is 5. The number of ether oxygens (including phenoxy) is 1. The Hall–Kier alpha value is -3.41. The van der Waals surface area contributed by atoms with E-state index in [1.807, 2.05) is 86.6 Å². The largest absolute Gasteiger partial charge is 0.402 e. The lowest BCUT2D eigenvalue weighted by Gasteiger charge is -2.09. The van der Waals surface area contributed by atoms with Crippen LogP contribution in [0.3, 0.4) is 0 Å². The van der Waals surface area contributed by atoms with Gasteiger partial charge in [-0.25, -0.2) is 14.8 Å². The zero-order chi connectivity index (χ0) is 22.9. The molecule has 3 aromatic carbocycles. The summed E-state index contributed by atoms with van der Waals surface area (Å²) in [4.78, 5) is 23.1. The van der Waals surface area contributed by atoms with Crippen LogP contribution in [0, 0.1) is 13.8 Å². The number of benzene rings is 3. The van der Waals surface area contributed by atoms with Crippen molar-refractivity contribution in [3.8, 4) is 0 Å². The number of aryl methyl sites for hydroxylation is 2. The number of fused-ring (bicyclic) bond motifs is 1. The highest BCUT2D eigenvalue weighted by Crippen LogP contribution is 2.34. The van der Waals surface area contributed by atoms with E-state index >= 15 is 0 Å². The van der Waals surface area contributed by atoms with E-state index in [9.17, 15) is 4.79 Å². The molecule has 1 aliphatic heterocycles. The van der Waals surface area contributed by atoms with Crippen molar-refractivity contribution in [3.05, 3.63) is 106 Å². The molecule has 0 radical (unpaired) electrons. The molecular formula is C27H19ClN2O2S. The summed E-state index contributed by atoms with van der Waals surface area (Å²) in [6.07, 6.45) is 1.75. The van der Waals surface area contributed by atoms with E-state index in [0.29, 0.717) is 10.9 Å². The number of aromatic nitrogens is 1. The van der Waals surface area contributed by atoms with Crippen molar-refractivity contribution in [2.75, 3.05) is 0 Å². The van der Waals surface area contributed by atoms with Crippen LogP contribution < -0.4 is 0 Å². The highest BCUT2D eigenvalue weighted by Gasteiger charge is 2.25. The number of hydrogen-bond donors (Lipinski definition) is 0. The summed E-state index contributed by atoms with van der Waals surface area (Å²) < 4.78 is 5.49. The molecular weight excluding hydrogens is 452 g/mol. The molecule has 4 aromatic rings. The SMILES string of the molecule is Cc1ccccc1C1=N/C(=C/c2cc3cccc(C)c3nc2Sc2ccc(Cl)cc2)C(=O)O1. The molecule has 2 heterocycles. The van der Waals surface area contributed by atoms with Crippen LogP contribution in [0.5, 0.6) is 0 Å². The molecule has 0 atom stereocenters. The third-order valence-electron chi connectivity index (χ3n) is 5.36. The fourth-order valence-electron chi connectivity index (χ4n) is 3.63. The molecule has 162 valence electrons. The maximum Gasteiger partial charge on any atom is 0.363 e. The zero-order valence-corrected chi connectivity index (χ0v) is 19.6. The summed E-state index contributed by atoms with van der Waals surface area (Å²) >= 11 is 7.56. The highest BCUT2D eigenvalue weighted by molar-refractivity contribution is 7.99. The van der Waals surface area contributed by atoms with Gasteiger partial charge in [-0.2, -0.15) is 0 Å². The van der Waals surface area contributed by atoms with Crippen LogP contribution in [0.15, 0.2) is 93.4 Å². The first kappa shape index (κ1) is 21.4. The lowest BCUT2D eigenvalue weighted by Crippen LogP contribution is -2.06. The summed E-state index contributed by atoms with van der Waals surface area (Å²) in [5.41, 5.74) is 4.86. The van der Waals surface area contributed by atoms with E-state index in [2.05, 4.69) is 4.99 Å². The van der Waals surface area contributed by atoms with E-state index in [-0.39, 0.29) is 5.70 Å². The Balaban J connectivity index is 1.61. The van der Waals surface area contributed by atoms with Crippen molar-refractivity contribution in [1.29, 1.82) is 0 Å². The molecule has 0 N–H and O–H groups in total. The average Bonchev–Trinajstić information content (AvgIpc) is 3.16. The van der Waals surface area contributed by atoms with E-state index < -0.39 is 5.97 Å². The molecule has 4 nitrogen and oxygen atoms in total. The van der Waals surface area contributed by atoms with E-state index in [1.165, 1.54) is 11.8 Å². The van der Waals surface area contributed by atoms with E-state index in [1.54, 1.807) is 6.08 Å². The second-order valence-corrected chi connectivity index (χ2v) is 9.23. The predicted octanol–water partition coefficient (Wildman–Crippen LogP) is 7.00. The Labute approximate surface area is 201 Å². The van der Waals surface area contributed by atoms with Crippen molar-refractivity contribution in [3.63, 3.8) is 0 Å². The van der Waals surface area contributed by atoms with Gasteiger partial charge >= 0.3 is 5.97 Å². The number of esters is 1. The molecule has 0 unspecified atom stereocenters. The maximum atomic E-state index is 12.7. The number of rotatable bonds is 4. The standard InChI is InChI=1S/C27H19ClN2O2S/c1-16-6-3-4-9-22(16)25-29-23(27(31)32-25)15-19-14-18-8-5-7-17(2)24(18)30-26(19)33-21-12-10-20(28)11-13-21/h3-15H,1-2H3/b23-15+. The van der Waals surface area contributed by atoms with Gasteiger partial charge in [-0.15, -0.1) is 0 Å². The van der Waals surface area contributed by atoms with Crippen molar-refractivity contribution >= 4 is 52.2 Å². The third kappa shape index (κ3) is 4.42. The Morgan fingerprint density at radius 1 is 0.939 bits per heavy atom. The Kier molecular flexibility index (Phi) is 5.75. The molecule has 0 fully saturated rings. The minimum absolute atomic E-state index is 0.250. The lowest BCUT2D eigenvalue weighted by atomic mass is 10.1. The molecule has 33 heavy (non-hydrogen) atoms. The summed E-state index contributed by atoms with van der Waals surface area (Å²) in [5, 5.41) is 2.45. The maximum absolute atomic E-state index is 12.7. The quantitative estimate of drug-likeness (QED) is 0.238. The lowest BCUT2D eigenvalue weighted by molar-refractivity contribution is -0.129. The smallest absolute Gasteiger partial charge is 0.363 e. The monoisotopic (exact) mass is 470 g/mol. The van der Waals surface area contributed by atoms with Crippen LogP contribution in [0.1, 0.15) is 22.3 Å². The first-order chi connectivity index (χ1) is 16.0. The van der Waals surface area contributed by atoms with Crippen molar-refractivity contribution < 1.29 is 9.53 Å². The molecule has 1 aromatic heterocycles. The molecule has 0 saturated carbocycles. The second kappa shape index (κ2) is 8.85. The van der Waals surface area contributed by atoms with Gasteiger partial charge in [-0.1, -0.05) is 59.8 Å². The molecule has 6 heteroatoms. The van der Waals surface area contributed by atoms with Crippen molar-refractivity contribution in [1.82, 2.24) is 4.98 Å². The zero-order valence-electron chi connectivity index (χ0n) is 18.0. The topological polar surface area (TPSA) is 51.5 Å². The third-order valence-corrected chi connectivity index (χ3v) is 6.64. The summed E-state index contributed by atoms with van der Waals surface area (Å²) in [5.74, 6) is -0.152. The Morgan fingerprint density at radius 3 is 2.48 bits per heavy atom. The highest BCUT2D eigenvalue weighted by atomic mass is 35.5. The minimum atomic E-state index is -0.472. The van der Waals surface area contributed by atoms with Gasteiger partial charge in [0.1, 0.15) is 5.03 Å². The molecule has 0 amide bonds. The molecule has 0 aliphatic carbocycles. The second-order valence-electron chi connectivity index (χ2n) is 7.74. The molecule has 0 spiro atoms. The number of carbonyl (C=O) groups excluding carboxylic acids is 1. The molecule has 5 rings (SSSR count). The number of carbonyl (C=O) groups is 1. The predicted molar refractivity (Wildman–Crippen MR) is 134 cm³/mol. The van der Waals surface area contributed by atoms with Crippen LogP contribution >= 0.6 is 23.4 Å². The van der Waals surface area contributed by atoms with Gasteiger partial charge in [0, 0.05) is 26.4 Å². The number of pyridine rings is 1. The van der Waals surface area contributed by atoms with Gasteiger partial charge < -0.3 is 4.74 Å². The summed E-state index contributed by atoms with van der Waals surface area (Å²) in [7, 11) is 0. The van der Waals surface area contributed by atoms with Gasteiger partial charge in [0.05, 0.1) is 5.52 Å². The Morgan fingerprint density at radius 2 is 1.70 bits per heavy atom. The van der Waals surface area contributed by atoms with Crippen molar-refractivity contribution in [2.24, 2.45) is 4.99 Å². The van der Waals surface area contributed by atoms with Gasteiger partial charge in [0.15, 0.2) is 5.70 Å². The summed E-state index contributed by atoms with van der Waals surface area (Å²) in [6, 6.07) is 23.4. The van der Waals surface area contributed by atoms with Gasteiger partial charge in [0.2, 0.25) is 5.90 Å². The Bertz CT molecular complexity index is 1460. The number of halogens is 1. The fourth-order valence-corrected chi connectivity index (χ4v) is 4.62. The normalized spacial score (nSPS) is 14.6. The average molecular weight is 471 g/mol. The number of nitrogens with zero attached hydrogens (tertiary/aromatic N) is 2. The number of aliphatic imine (C=N–C) groups is 1.